The van der Waals surface area contributed by atoms with Gasteiger partial charge in [0, 0.05) is 49.9 Å². The van der Waals surface area contributed by atoms with E-state index in [2.05, 4.69) is 16.8 Å². The number of fused-ring (bicyclic) bond motifs is 1. The summed E-state index contributed by atoms with van der Waals surface area (Å²) in [5.74, 6) is 0.0394. The van der Waals surface area contributed by atoms with Gasteiger partial charge in [0.25, 0.3) is 0 Å². The van der Waals surface area contributed by atoms with Crippen LogP contribution >= 0.6 is 0 Å². The Balaban J connectivity index is 1.64. The molecule has 1 aliphatic heterocycles. The summed E-state index contributed by atoms with van der Waals surface area (Å²) >= 11 is 0. The van der Waals surface area contributed by atoms with Gasteiger partial charge >= 0.3 is 0 Å². The molecule has 2 heterocycles. The molecule has 1 saturated heterocycles. The predicted octanol–water partition coefficient (Wildman–Crippen LogP) is 2.16. The SMILES string of the molecule is CCC(CO)N1CCN(C(=O)/C=C/c2ccnc3ccccc23)CC1. The van der Waals surface area contributed by atoms with Gasteiger partial charge in [0.1, 0.15) is 0 Å². The topological polar surface area (TPSA) is 56.7 Å². The number of rotatable bonds is 5. The van der Waals surface area contributed by atoms with E-state index < -0.39 is 0 Å². The lowest BCUT2D eigenvalue weighted by Crippen LogP contribution is -2.52. The van der Waals surface area contributed by atoms with Gasteiger partial charge in [-0.1, -0.05) is 25.1 Å². The normalized spacial score (nSPS) is 17.3. The molecule has 0 radical (unpaired) electrons. The van der Waals surface area contributed by atoms with E-state index in [9.17, 15) is 9.90 Å². The first kappa shape index (κ1) is 17.6. The van der Waals surface area contributed by atoms with Gasteiger partial charge in [0.15, 0.2) is 0 Å². The van der Waals surface area contributed by atoms with Crippen LogP contribution in [0.2, 0.25) is 0 Å². The lowest BCUT2D eigenvalue weighted by Gasteiger charge is -2.38. The number of carbonyl (C=O) groups excluding carboxylic acids is 1. The summed E-state index contributed by atoms with van der Waals surface area (Å²) in [7, 11) is 0. The number of pyridine rings is 1. The minimum absolute atomic E-state index is 0.0394. The van der Waals surface area contributed by atoms with Crippen LogP contribution in [-0.4, -0.2) is 64.6 Å². The number of carbonyl (C=O) groups is 1. The predicted molar refractivity (Wildman–Crippen MR) is 100 cm³/mol. The molecule has 2 aromatic rings. The molecular formula is C20H25N3O2. The summed E-state index contributed by atoms with van der Waals surface area (Å²) < 4.78 is 0. The lowest BCUT2D eigenvalue weighted by molar-refractivity contribution is -0.128. The molecule has 1 unspecified atom stereocenters. The zero-order valence-electron chi connectivity index (χ0n) is 14.6. The second-order valence-corrected chi connectivity index (χ2v) is 6.36. The molecule has 1 N–H and O–H groups in total. The van der Waals surface area contributed by atoms with Crippen molar-refractivity contribution in [2.45, 2.75) is 19.4 Å². The minimum atomic E-state index is 0.0394. The van der Waals surface area contributed by atoms with E-state index in [4.69, 9.17) is 0 Å². The van der Waals surface area contributed by atoms with Crippen molar-refractivity contribution in [3.63, 3.8) is 0 Å². The summed E-state index contributed by atoms with van der Waals surface area (Å²) in [6.07, 6.45) is 6.23. The van der Waals surface area contributed by atoms with Crippen LogP contribution in [0.15, 0.2) is 42.6 Å². The zero-order valence-corrected chi connectivity index (χ0v) is 14.6. The van der Waals surface area contributed by atoms with E-state index in [1.807, 2.05) is 41.3 Å². The maximum atomic E-state index is 12.5. The van der Waals surface area contributed by atoms with Crippen molar-refractivity contribution in [2.24, 2.45) is 0 Å². The monoisotopic (exact) mass is 339 g/mol. The van der Waals surface area contributed by atoms with Crippen LogP contribution < -0.4 is 0 Å². The third kappa shape index (κ3) is 4.06. The first-order valence-electron chi connectivity index (χ1n) is 8.88. The van der Waals surface area contributed by atoms with Crippen LogP contribution in [0.25, 0.3) is 17.0 Å². The van der Waals surface area contributed by atoms with Gasteiger partial charge in [-0.25, -0.2) is 0 Å². The van der Waals surface area contributed by atoms with Crippen molar-refractivity contribution in [1.82, 2.24) is 14.8 Å². The number of hydrogen-bond acceptors (Lipinski definition) is 4. The molecular weight excluding hydrogens is 314 g/mol. The highest BCUT2D eigenvalue weighted by Gasteiger charge is 2.23. The van der Waals surface area contributed by atoms with Crippen LogP contribution in [0.3, 0.4) is 0 Å². The van der Waals surface area contributed by atoms with Crippen molar-refractivity contribution in [3.8, 4) is 0 Å². The molecule has 5 nitrogen and oxygen atoms in total. The second kappa shape index (κ2) is 8.23. The van der Waals surface area contributed by atoms with E-state index >= 15 is 0 Å². The van der Waals surface area contributed by atoms with Gasteiger partial charge in [0.05, 0.1) is 12.1 Å². The Morgan fingerprint density at radius 1 is 1.24 bits per heavy atom. The molecule has 1 amide bonds. The highest BCUT2D eigenvalue weighted by Crippen LogP contribution is 2.17. The van der Waals surface area contributed by atoms with Crippen molar-refractivity contribution in [3.05, 3.63) is 48.2 Å². The third-order valence-electron chi connectivity index (χ3n) is 4.91. The maximum Gasteiger partial charge on any atom is 0.246 e. The molecule has 0 spiro atoms. The van der Waals surface area contributed by atoms with E-state index in [1.54, 1.807) is 12.3 Å². The minimum Gasteiger partial charge on any atom is -0.395 e. The van der Waals surface area contributed by atoms with Crippen LogP contribution in [-0.2, 0) is 4.79 Å². The van der Waals surface area contributed by atoms with Crippen molar-refractivity contribution in [1.29, 1.82) is 0 Å². The van der Waals surface area contributed by atoms with Gasteiger partial charge in [-0.3, -0.25) is 14.7 Å². The fourth-order valence-corrected chi connectivity index (χ4v) is 3.34. The molecule has 132 valence electrons. The molecule has 1 atom stereocenters. The fraction of sp³-hybridized carbons (Fsp3) is 0.400. The van der Waals surface area contributed by atoms with Crippen LogP contribution in [0.5, 0.6) is 0 Å². The van der Waals surface area contributed by atoms with Gasteiger partial charge < -0.3 is 10.0 Å². The average Bonchev–Trinajstić information content (AvgIpc) is 2.67. The number of aliphatic hydroxyl groups is 1. The summed E-state index contributed by atoms with van der Waals surface area (Å²) in [4.78, 5) is 21.0. The summed E-state index contributed by atoms with van der Waals surface area (Å²) in [6, 6.07) is 10.1. The number of aromatic nitrogens is 1. The fourth-order valence-electron chi connectivity index (χ4n) is 3.34. The van der Waals surface area contributed by atoms with Crippen LogP contribution in [0, 0.1) is 0 Å². The van der Waals surface area contributed by atoms with Gasteiger partial charge in [-0.15, -0.1) is 0 Å². The Labute approximate surface area is 148 Å². The number of hydrogen-bond donors (Lipinski definition) is 1. The molecule has 1 fully saturated rings. The Bertz CT molecular complexity index is 742. The Hall–Kier alpha value is -2.24. The van der Waals surface area contributed by atoms with Crippen molar-refractivity contribution < 1.29 is 9.90 Å². The smallest absolute Gasteiger partial charge is 0.246 e. The number of nitrogens with zero attached hydrogens (tertiary/aromatic N) is 3. The lowest BCUT2D eigenvalue weighted by atomic mass is 10.1. The highest BCUT2D eigenvalue weighted by atomic mass is 16.3. The first-order valence-corrected chi connectivity index (χ1v) is 8.88. The standard InChI is InChI=1S/C20H25N3O2/c1-2-17(15-24)22-11-13-23(14-12-22)20(25)8-7-16-9-10-21-19-6-4-3-5-18(16)19/h3-10,17,24H,2,11-15H2,1H3/b8-7+. The number of piperazine rings is 1. The number of para-hydroxylation sites is 1. The highest BCUT2D eigenvalue weighted by molar-refractivity contribution is 5.95. The molecule has 1 aromatic carbocycles. The summed E-state index contributed by atoms with van der Waals surface area (Å²) in [6.45, 7) is 5.31. The molecule has 3 rings (SSSR count). The van der Waals surface area contributed by atoms with E-state index in [-0.39, 0.29) is 18.6 Å². The molecule has 1 aromatic heterocycles. The van der Waals surface area contributed by atoms with Crippen LogP contribution in [0.4, 0.5) is 0 Å². The second-order valence-electron chi connectivity index (χ2n) is 6.36. The van der Waals surface area contributed by atoms with E-state index in [0.717, 1.165) is 36.0 Å². The average molecular weight is 339 g/mol. The number of amides is 1. The largest absolute Gasteiger partial charge is 0.395 e. The third-order valence-corrected chi connectivity index (χ3v) is 4.91. The molecule has 1 aliphatic rings. The van der Waals surface area contributed by atoms with E-state index in [0.29, 0.717) is 13.1 Å². The van der Waals surface area contributed by atoms with Gasteiger partial charge in [0.2, 0.25) is 5.91 Å². The molecule has 5 heteroatoms. The Kier molecular flexibility index (Phi) is 5.79. The quantitative estimate of drug-likeness (QED) is 0.848. The summed E-state index contributed by atoms with van der Waals surface area (Å²) in [5, 5.41) is 10.5. The van der Waals surface area contributed by atoms with Gasteiger partial charge in [-0.2, -0.15) is 0 Å². The van der Waals surface area contributed by atoms with E-state index in [1.165, 1.54) is 0 Å². The van der Waals surface area contributed by atoms with Crippen LogP contribution in [0.1, 0.15) is 18.9 Å². The molecule has 0 saturated carbocycles. The summed E-state index contributed by atoms with van der Waals surface area (Å²) in [5.41, 5.74) is 1.93. The molecule has 0 aliphatic carbocycles. The van der Waals surface area contributed by atoms with Gasteiger partial charge in [-0.05, 0) is 30.2 Å². The molecule has 0 bridgehead atoms. The maximum absolute atomic E-state index is 12.5. The van der Waals surface area contributed by atoms with Crippen molar-refractivity contribution >= 4 is 22.9 Å². The zero-order chi connectivity index (χ0) is 17.6. The Morgan fingerprint density at radius 2 is 2.00 bits per heavy atom. The first-order chi connectivity index (χ1) is 12.2. The number of benzene rings is 1. The Morgan fingerprint density at radius 3 is 2.72 bits per heavy atom. The number of aliphatic hydroxyl groups excluding tert-OH is 1. The molecule has 25 heavy (non-hydrogen) atoms. The van der Waals surface area contributed by atoms with Crippen molar-refractivity contribution in [2.75, 3.05) is 32.8 Å².